The SMILES string of the molecule is CC(C)[C@@H]1CN(Cc2ccccc2Cl)C[C@H]1NS(=O)(=O)N(C)C. The van der Waals surface area contributed by atoms with Crippen LogP contribution in [-0.2, 0) is 16.8 Å². The van der Waals surface area contributed by atoms with Crippen molar-refractivity contribution in [3.8, 4) is 0 Å². The molecule has 23 heavy (non-hydrogen) atoms. The second-order valence-corrected chi connectivity index (χ2v) is 9.03. The Hall–Kier alpha value is -0.660. The smallest absolute Gasteiger partial charge is 0.279 e. The second-order valence-electron chi connectivity index (χ2n) is 6.71. The Labute approximate surface area is 144 Å². The first-order chi connectivity index (χ1) is 10.7. The van der Waals surface area contributed by atoms with Gasteiger partial charge in [-0.15, -0.1) is 0 Å². The van der Waals surface area contributed by atoms with Gasteiger partial charge in [-0.1, -0.05) is 43.6 Å². The lowest BCUT2D eigenvalue weighted by Gasteiger charge is -2.24. The summed E-state index contributed by atoms with van der Waals surface area (Å²) in [5.41, 5.74) is 1.08. The zero-order valence-corrected chi connectivity index (χ0v) is 15.7. The molecule has 0 aliphatic carbocycles. The Morgan fingerprint density at radius 3 is 2.52 bits per heavy atom. The Morgan fingerprint density at radius 1 is 1.30 bits per heavy atom. The van der Waals surface area contributed by atoms with Gasteiger partial charge in [-0.25, -0.2) is 0 Å². The predicted octanol–water partition coefficient (Wildman–Crippen LogP) is 2.19. The Morgan fingerprint density at radius 2 is 1.96 bits per heavy atom. The van der Waals surface area contributed by atoms with Gasteiger partial charge >= 0.3 is 0 Å². The fraction of sp³-hybridized carbons (Fsp3) is 0.625. The van der Waals surface area contributed by atoms with Gasteiger partial charge in [-0.3, -0.25) is 4.90 Å². The number of likely N-dealkylation sites (tertiary alicyclic amines) is 1. The molecule has 2 atom stereocenters. The third-order valence-corrected chi connectivity index (χ3v) is 6.36. The van der Waals surface area contributed by atoms with E-state index in [4.69, 9.17) is 11.6 Å². The molecule has 7 heteroatoms. The molecule has 0 radical (unpaired) electrons. The highest BCUT2D eigenvalue weighted by Gasteiger charge is 2.37. The standard InChI is InChI=1S/C16H26ClN3O2S/c1-12(2)14-10-20(9-13-7-5-6-8-15(13)17)11-16(14)18-23(21,22)19(3)4/h5-8,12,14,16,18H,9-11H2,1-4H3/t14-,16+/m0/s1. The summed E-state index contributed by atoms with van der Waals surface area (Å²) in [6, 6.07) is 7.72. The molecule has 1 aliphatic heterocycles. The highest BCUT2D eigenvalue weighted by molar-refractivity contribution is 7.87. The van der Waals surface area contributed by atoms with Crippen LogP contribution in [-0.4, -0.2) is 50.8 Å². The van der Waals surface area contributed by atoms with E-state index in [1.165, 1.54) is 4.31 Å². The van der Waals surface area contributed by atoms with Crippen LogP contribution >= 0.6 is 11.6 Å². The minimum absolute atomic E-state index is 0.0788. The molecule has 1 N–H and O–H groups in total. The first kappa shape index (κ1) is 18.7. The summed E-state index contributed by atoms with van der Waals surface area (Å²) in [7, 11) is -0.332. The molecule has 0 spiro atoms. The zero-order chi connectivity index (χ0) is 17.2. The van der Waals surface area contributed by atoms with E-state index in [2.05, 4.69) is 23.5 Å². The van der Waals surface area contributed by atoms with E-state index < -0.39 is 10.2 Å². The average molecular weight is 360 g/mol. The van der Waals surface area contributed by atoms with Gasteiger partial charge in [-0.2, -0.15) is 17.4 Å². The molecule has 1 heterocycles. The normalized spacial score (nSPS) is 23.1. The van der Waals surface area contributed by atoms with Crippen LogP contribution < -0.4 is 4.72 Å². The molecule has 2 rings (SSSR count). The molecule has 1 aliphatic rings. The summed E-state index contributed by atoms with van der Waals surface area (Å²) in [6.07, 6.45) is 0. The molecule has 0 bridgehead atoms. The molecule has 0 saturated carbocycles. The van der Waals surface area contributed by atoms with Gasteiger partial charge in [0.1, 0.15) is 0 Å². The van der Waals surface area contributed by atoms with Crippen LogP contribution in [0.2, 0.25) is 5.02 Å². The lowest BCUT2D eigenvalue weighted by atomic mass is 9.92. The maximum atomic E-state index is 12.1. The Bertz CT molecular complexity index is 634. The summed E-state index contributed by atoms with van der Waals surface area (Å²) < 4.78 is 28.4. The minimum Gasteiger partial charge on any atom is -0.297 e. The van der Waals surface area contributed by atoms with Crippen molar-refractivity contribution in [3.05, 3.63) is 34.9 Å². The Balaban J connectivity index is 2.10. The summed E-state index contributed by atoms with van der Waals surface area (Å²) in [4.78, 5) is 2.27. The van der Waals surface area contributed by atoms with Gasteiger partial charge in [-0.05, 0) is 23.5 Å². The summed E-state index contributed by atoms with van der Waals surface area (Å²) in [5.74, 6) is 0.688. The van der Waals surface area contributed by atoms with Crippen molar-refractivity contribution in [2.24, 2.45) is 11.8 Å². The molecule has 1 fully saturated rings. The number of rotatable bonds is 6. The largest absolute Gasteiger partial charge is 0.297 e. The van der Waals surface area contributed by atoms with Crippen LogP contribution in [0.25, 0.3) is 0 Å². The molecular weight excluding hydrogens is 334 g/mol. The van der Waals surface area contributed by atoms with Crippen molar-refractivity contribution in [2.45, 2.75) is 26.4 Å². The molecule has 0 aromatic heterocycles. The number of hydrogen-bond donors (Lipinski definition) is 1. The predicted molar refractivity (Wildman–Crippen MR) is 94.6 cm³/mol. The van der Waals surface area contributed by atoms with Crippen molar-refractivity contribution in [1.29, 1.82) is 0 Å². The number of benzene rings is 1. The van der Waals surface area contributed by atoms with Gasteiger partial charge in [0, 0.05) is 44.8 Å². The highest BCUT2D eigenvalue weighted by atomic mass is 35.5. The van der Waals surface area contributed by atoms with E-state index in [1.54, 1.807) is 14.1 Å². The van der Waals surface area contributed by atoms with Crippen LogP contribution in [0, 0.1) is 11.8 Å². The van der Waals surface area contributed by atoms with E-state index in [0.29, 0.717) is 12.5 Å². The van der Waals surface area contributed by atoms with E-state index in [-0.39, 0.29) is 12.0 Å². The van der Waals surface area contributed by atoms with Gasteiger partial charge in [0.2, 0.25) is 0 Å². The van der Waals surface area contributed by atoms with Crippen molar-refractivity contribution >= 4 is 21.8 Å². The van der Waals surface area contributed by atoms with Crippen LogP contribution in [0.15, 0.2) is 24.3 Å². The number of nitrogens with zero attached hydrogens (tertiary/aromatic N) is 2. The maximum Gasteiger partial charge on any atom is 0.279 e. The van der Waals surface area contributed by atoms with E-state index in [9.17, 15) is 8.42 Å². The molecule has 1 aromatic carbocycles. The third kappa shape index (κ3) is 4.67. The average Bonchev–Trinajstić information content (AvgIpc) is 2.83. The van der Waals surface area contributed by atoms with Crippen LogP contribution in [0.1, 0.15) is 19.4 Å². The van der Waals surface area contributed by atoms with E-state index in [0.717, 1.165) is 23.7 Å². The lowest BCUT2D eigenvalue weighted by Crippen LogP contribution is -2.46. The van der Waals surface area contributed by atoms with Crippen molar-refractivity contribution in [3.63, 3.8) is 0 Å². The van der Waals surface area contributed by atoms with Gasteiger partial charge < -0.3 is 0 Å². The maximum absolute atomic E-state index is 12.1. The summed E-state index contributed by atoms with van der Waals surface area (Å²) >= 11 is 6.24. The quantitative estimate of drug-likeness (QED) is 0.847. The van der Waals surface area contributed by atoms with Crippen LogP contribution in [0.4, 0.5) is 0 Å². The fourth-order valence-corrected chi connectivity index (χ4v) is 4.05. The molecule has 0 unspecified atom stereocenters. The number of nitrogens with one attached hydrogen (secondary N) is 1. The molecule has 1 saturated heterocycles. The molecule has 0 amide bonds. The molecular formula is C16H26ClN3O2S. The number of halogens is 1. The van der Waals surface area contributed by atoms with Gasteiger partial charge in [0.25, 0.3) is 10.2 Å². The molecule has 5 nitrogen and oxygen atoms in total. The third-order valence-electron chi connectivity index (χ3n) is 4.43. The van der Waals surface area contributed by atoms with Crippen LogP contribution in [0.5, 0.6) is 0 Å². The van der Waals surface area contributed by atoms with Gasteiger partial charge in [0.15, 0.2) is 0 Å². The summed E-state index contributed by atoms with van der Waals surface area (Å²) in [6.45, 7) is 6.58. The molecule has 130 valence electrons. The first-order valence-electron chi connectivity index (χ1n) is 7.86. The zero-order valence-electron chi connectivity index (χ0n) is 14.2. The lowest BCUT2D eigenvalue weighted by molar-refractivity contribution is 0.296. The molecule has 1 aromatic rings. The Kier molecular flexibility index (Phi) is 6.08. The van der Waals surface area contributed by atoms with Crippen molar-refractivity contribution < 1.29 is 8.42 Å². The topological polar surface area (TPSA) is 52.7 Å². The van der Waals surface area contributed by atoms with E-state index >= 15 is 0 Å². The van der Waals surface area contributed by atoms with E-state index in [1.807, 2.05) is 24.3 Å². The van der Waals surface area contributed by atoms with Crippen molar-refractivity contribution in [2.75, 3.05) is 27.2 Å². The second kappa shape index (κ2) is 7.49. The fourth-order valence-electron chi connectivity index (χ4n) is 3.01. The minimum atomic E-state index is -3.42. The monoisotopic (exact) mass is 359 g/mol. The van der Waals surface area contributed by atoms with Crippen molar-refractivity contribution in [1.82, 2.24) is 13.9 Å². The number of hydrogen-bond acceptors (Lipinski definition) is 3. The highest BCUT2D eigenvalue weighted by Crippen LogP contribution is 2.27. The van der Waals surface area contributed by atoms with Gasteiger partial charge in [0.05, 0.1) is 0 Å². The van der Waals surface area contributed by atoms with Crippen LogP contribution in [0.3, 0.4) is 0 Å². The first-order valence-corrected chi connectivity index (χ1v) is 9.68. The summed E-state index contributed by atoms with van der Waals surface area (Å²) in [5, 5.41) is 0.755.